The number of anilines is 2. The molecule has 13 heteroatoms. The van der Waals surface area contributed by atoms with Crippen molar-refractivity contribution in [3.05, 3.63) is 42.0 Å². The molecule has 236 valence electrons. The van der Waals surface area contributed by atoms with Gasteiger partial charge < -0.3 is 19.9 Å². The minimum Gasteiger partial charge on any atom is -0.475 e. The molecule has 0 aliphatic carbocycles. The third-order valence-corrected chi connectivity index (χ3v) is 9.58. The molecule has 2 saturated heterocycles. The minimum atomic E-state index is -3.68. The quantitative estimate of drug-likeness (QED) is 0.346. The fourth-order valence-corrected chi connectivity index (χ4v) is 7.31. The number of nitrogens with zero attached hydrogens (tertiary/aromatic N) is 5. The van der Waals surface area contributed by atoms with Crippen molar-refractivity contribution < 1.29 is 22.3 Å². The van der Waals surface area contributed by atoms with Gasteiger partial charge >= 0.3 is 0 Å². The van der Waals surface area contributed by atoms with Crippen molar-refractivity contribution in [2.45, 2.75) is 44.2 Å². The van der Waals surface area contributed by atoms with Gasteiger partial charge in [0.25, 0.3) is 0 Å². The maximum absolute atomic E-state index is 15.7. The van der Waals surface area contributed by atoms with Crippen LogP contribution in [0.15, 0.2) is 30.6 Å². The maximum Gasteiger partial charge on any atom is 0.240 e. The number of likely N-dealkylation sites (N-methyl/N-ethyl adjacent to an activating group) is 1. The van der Waals surface area contributed by atoms with E-state index in [9.17, 15) is 13.2 Å². The summed E-state index contributed by atoms with van der Waals surface area (Å²) in [6.45, 7) is 8.15. The molecule has 3 aliphatic heterocycles. The van der Waals surface area contributed by atoms with Crippen LogP contribution >= 0.6 is 0 Å². The Balaban J connectivity index is 1.37. The molecule has 0 bridgehead atoms. The van der Waals surface area contributed by atoms with E-state index in [1.165, 1.54) is 18.3 Å². The average Bonchev–Trinajstić information content (AvgIpc) is 3.17. The lowest BCUT2D eigenvalue weighted by atomic mass is 9.72. The smallest absolute Gasteiger partial charge is 0.240 e. The molecule has 1 spiro atoms. The Kier molecular flexibility index (Phi) is 8.02. The first-order valence-electron chi connectivity index (χ1n) is 15.0. The number of pyridine rings is 2. The van der Waals surface area contributed by atoms with Gasteiger partial charge in [-0.15, -0.1) is 0 Å². The first-order valence-corrected chi connectivity index (χ1v) is 16.9. The van der Waals surface area contributed by atoms with Crippen molar-refractivity contribution >= 4 is 38.2 Å². The van der Waals surface area contributed by atoms with Crippen molar-refractivity contribution in [3.8, 4) is 17.0 Å². The third-order valence-electron chi connectivity index (χ3n) is 8.99. The van der Waals surface area contributed by atoms with Crippen LogP contribution in [0.5, 0.6) is 5.88 Å². The number of halogens is 1. The van der Waals surface area contributed by atoms with Crippen molar-refractivity contribution in [1.29, 1.82) is 0 Å². The lowest BCUT2D eigenvalue weighted by molar-refractivity contribution is -0.131. The summed E-state index contributed by atoms with van der Waals surface area (Å²) in [6, 6.07) is 5.32. The van der Waals surface area contributed by atoms with Crippen LogP contribution in [0.2, 0.25) is 0 Å². The first kappa shape index (κ1) is 30.6. The van der Waals surface area contributed by atoms with E-state index < -0.39 is 21.3 Å². The van der Waals surface area contributed by atoms with Crippen LogP contribution in [0, 0.1) is 5.82 Å². The number of carbonyl (C=O) groups excluding carboxylic acids is 1. The summed E-state index contributed by atoms with van der Waals surface area (Å²) in [6.07, 6.45) is 6.31. The van der Waals surface area contributed by atoms with Crippen molar-refractivity contribution in [2.24, 2.45) is 0 Å². The summed E-state index contributed by atoms with van der Waals surface area (Å²) in [5.41, 5.74) is 2.07. The van der Waals surface area contributed by atoms with E-state index in [0.717, 1.165) is 43.4 Å². The molecule has 2 aromatic heterocycles. The van der Waals surface area contributed by atoms with Gasteiger partial charge in [-0.05, 0) is 45.1 Å². The SMILES string of the molecule is CC(C)NCCOc1ncc(-c2cc3c4c(cnc3cc2F)N(C)C(=O)C42CN(C3CCN(C)CC3)C2)cc1NS(C)(=O)=O. The molecule has 0 radical (unpaired) electrons. The summed E-state index contributed by atoms with van der Waals surface area (Å²) in [5.74, 6) is -0.394. The van der Waals surface area contributed by atoms with Crippen LogP contribution in [0.4, 0.5) is 15.8 Å². The largest absolute Gasteiger partial charge is 0.475 e. The first-order chi connectivity index (χ1) is 20.9. The van der Waals surface area contributed by atoms with Crippen LogP contribution in [-0.2, 0) is 20.2 Å². The molecule has 3 aliphatic rings. The standard InChI is InChI=1S/C31H40FN7O4S/c1-19(2)33-8-11-43-29-26(36-44(5,41)42)12-20(15-35-29)22-13-23-25(14-24(22)32)34-16-27-28(23)31(30(40)38(27)4)17-39(18-31)21-6-9-37(3)10-7-21/h12-16,19,21,33,36H,6-11,17-18H2,1-5H3. The number of amides is 1. The Morgan fingerprint density at radius 1 is 1.11 bits per heavy atom. The van der Waals surface area contributed by atoms with E-state index in [2.05, 4.69) is 36.9 Å². The average molecular weight is 626 g/mol. The topological polar surface area (TPSA) is 120 Å². The van der Waals surface area contributed by atoms with Gasteiger partial charge in [0.2, 0.25) is 21.8 Å². The summed E-state index contributed by atoms with van der Waals surface area (Å²) >= 11 is 0. The van der Waals surface area contributed by atoms with Gasteiger partial charge in [-0.25, -0.2) is 17.8 Å². The van der Waals surface area contributed by atoms with Gasteiger partial charge in [-0.2, -0.15) is 0 Å². The number of likely N-dealkylation sites (tertiary alicyclic amines) is 2. The summed E-state index contributed by atoms with van der Waals surface area (Å²) in [4.78, 5) is 29.1. The van der Waals surface area contributed by atoms with Crippen molar-refractivity contribution in [2.75, 3.05) is 69.3 Å². The molecule has 0 saturated carbocycles. The van der Waals surface area contributed by atoms with Gasteiger partial charge in [-0.3, -0.25) is 19.4 Å². The van der Waals surface area contributed by atoms with Crippen molar-refractivity contribution in [1.82, 2.24) is 25.1 Å². The van der Waals surface area contributed by atoms with Crippen LogP contribution in [0.1, 0.15) is 32.3 Å². The number of ether oxygens (including phenoxy) is 1. The van der Waals surface area contributed by atoms with Gasteiger partial charge in [0.1, 0.15) is 23.5 Å². The second kappa shape index (κ2) is 11.5. The molecule has 1 amide bonds. The number of nitrogens with one attached hydrogen (secondary N) is 2. The Morgan fingerprint density at radius 2 is 1.84 bits per heavy atom. The number of aromatic nitrogens is 2. The fourth-order valence-electron chi connectivity index (χ4n) is 6.76. The van der Waals surface area contributed by atoms with Gasteiger partial charge in [-0.1, -0.05) is 13.8 Å². The summed E-state index contributed by atoms with van der Waals surface area (Å²) in [7, 11) is 0.232. The molecule has 2 fully saturated rings. The zero-order valence-electron chi connectivity index (χ0n) is 25.9. The summed E-state index contributed by atoms with van der Waals surface area (Å²) in [5, 5.41) is 3.94. The van der Waals surface area contributed by atoms with Gasteiger partial charge in [0.05, 0.1) is 23.7 Å². The number of piperidine rings is 1. The zero-order valence-corrected chi connectivity index (χ0v) is 26.7. The van der Waals surface area contributed by atoms with Crippen LogP contribution in [-0.4, -0.2) is 106 Å². The second-order valence-corrected chi connectivity index (χ2v) is 14.4. The highest BCUT2D eigenvalue weighted by Crippen LogP contribution is 2.51. The number of hydrogen-bond donors (Lipinski definition) is 2. The molecule has 5 heterocycles. The number of fused-ring (bicyclic) bond motifs is 4. The predicted octanol–water partition coefficient (Wildman–Crippen LogP) is 2.81. The molecule has 3 aromatic rings. The van der Waals surface area contributed by atoms with E-state index in [1.54, 1.807) is 24.2 Å². The molecule has 2 N–H and O–H groups in total. The van der Waals surface area contributed by atoms with Gasteiger partial charge in [0.15, 0.2) is 0 Å². The molecule has 0 unspecified atom stereocenters. The van der Waals surface area contributed by atoms with E-state index >= 15 is 4.39 Å². The highest BCUT2D eigenvalue weighted by Gasteiger charge is 2.59. The van der Waals surface area contributed by atoms with E-state index in [1.807, 2.05) is 13.8 Å². The number of benzene rings is 1. The molecule has 11 nitrogen and oxygen atoms in total. The Morgan fingerprint density at radius 3 is 2.52 bits per heavy atom. The van der Waals surface area contributed by atoms with Crippen molar-refractivity contribution in [3.63, 3.8) is 0 Å². The number of rotatable bonds is 9. The highest BCUT2D eigenvalue weighted by atomic mass is 32.2. The fraction of sp³-hybridized carbons (Fsp3) is 0.516. The molecule has 1 aromatic carbocycles. The number of hydrogen-bond acceptors (Lipinski definition) is 9. The second-order valence-electron chi connectivity index (χ2n) is 12.7. The van der Waals surface area contributed by atoms with E-state index in [0.29, 0.717) is 42.1 Å². The van der Waals surface area contributed by atoms with Crippen LogP contribution in [0.25, 0.3) is 22.0 Å². The number of sulfonamides is 1. The lowest BCUT2D eigenvalue weighted by Gasteiger charge is -2.52. The molecular weight excluding hydrogens is 585 g/mol. The van der Waals surface area contributed by atoms with Crippen LogP contribution in [0.3, 0.4) is 0 Å². The molecule has 0 atom stereocenters. The normalized spacial score (nSPS) is 19.2. The van der Waals surface area contributed by atoms with Gasteiger partial charge in [0, 0.05) is 73.1 Å². The molecule has 6 rings (SSSR count). The summed E-state index contributed by atoms with van der Waals surface area (Å²) < 4.78 is 48.3. The Bertz CT molecular complexity index is 1700. The molecule has 44 heavy (non-hydrogen) atoms. The Hall–Kier alpha value is -3.39. The Labute approximate surface area is 257 Å². The monoisotopic (exact) mass is 625 g/mol. The van der Waals surface area contributed by atoms with E-state index in [4.69, 9.17) is 4.74 Å². The number of carbonyl (C=O) groups is 1. The van der Waals surface area contributed by atoms with E-state index in [-0.39, 0.29) is 35.7 Å². The van der Waals surface area contributed by atoms with Crippen LogP contribution < -0.4 is 19.7 Å². The highest BCUT2D eigenvalue weighted by molar-refractivity contribution is 7.92. The predicted molar refractivity (Wildman–Crippen MR) is 169 cm³/mol. The maximum atomic E-state index is 15.7. The third kappa shape index (κ3) is 5.62. The minimum absolute atomic E-state index is 0.0339. The molecular formula is C31H40FN7O4S. The zero-order chi connectivity index (χ0) is 31.4. The lowest BCUT2D eigenvalue weighted by Crippen LogP contribution is -2.67.